The van der Waals surface area contributed by atoms with E-state index in [0.717, 1.165) is 26.2 Å². The van der Waals surface area contributed by atoms with Crippen LogP contribution in [-0.4, -0.2) is 21.1 Å². The fourth-order valence-electron chi connectivity index (χ4n) is 2.39. The molecular formula is C19H16N4O2S3. The Hall–Kier alpha value is -2.49. The van der Waals surface area contributed by atoms with Crippen LogP contribution in [0, 0.1) is 6.92 Å². The van der Waals surface area contributed by atoms with Gasteiger partial charge in [0.2, 0.25) is 17.7 Å². The first-order chi connectivity index (χ1) is 13.7. The van der Waals surface area contributed by atoms with E-state index in [1.807, 2.05) is 53.4 Å². The van der Waals surface area contributed by atoms with Gasteiger partial charge in [0.25, 0.3) is 0 Å². The van der Waals surface area contributed by atoms with Gasteiger partial charge >= 0.3 is 0 Å². The van der Waals surface area contributed by atoms with Crippen LogP contribution in [0.1, 0.15) is 18.0 Å². The summed E-state index contributed by atoms with van der Waals surface area (Å²) < 4.78 is 6.61. The van der Waals surface area contributed by atoms with Gasteiger partial charge in [0.1, 0.15) is 0 Å². The first-order valence-electron chi connectivity index (χ1n) is 8.50. The van der Waals surface area contributed by atoms with Gasteiger partial charge in [0.05, 0.1) is 0 Å². The van der Waals surface area contributed by atoms with Crippen LogP contribution in [0.4, 0.5) is 5.69 Å². The van der Waals surface area contributed by atoms with Crippen molar-refractivity contribution in [3.63, 3.8) is 0 Å². The molecule has 6 nitrogen and oxygen atoms in total. The Morgan fingerprint density at radius 2 is 2.04 bits per heavy atom. The van der Waals surface area contributed by atoms with Crippen LogP contribution in [0.2, 0.25) is 0 Å². The lowest BCUT2D eigenvalue weighted by molar-refractivity contribution is -0.116. The number of thiophene rings is 1. The third-order valence-electron chi connectivity index (χ3n) is 3.74. The molecule has 0 radical (unpaired) electrons. The smallest absolute Gasteiger partial charge is 0.248 e. The van der Waals surface area contributed by atoms with Gasteiger partial charge in [-0.2, -0.15) is 11.3 Å². The number of hydrogen-bond donors (Lipinski definition) is 1. The Labute approximate surface area is 174 Å². The molecule has 28 heavy (non-hydrogen) atoms. The van der Waals surface area contributed by atoms with Crippen molar-refractivity contribution in [1.29, 1.82) is 0 Å². The lowest BCUT2D eigenvalue weighted by Gasteiger charge is -2.05. The SMILES string of the molecule is Cc1csc(Sc2ccc(NC(=O)CCc3nnc(-c4ccsc4)o3)cc2)n1. The number of carbonyl (C=O) groups excluding carboxylic acids is 1. The molecule has 0 unspecified atom stereocenters. The predicted octanol–water partition coefficient (Wildman–Crippen LogP) is 5.29. The first-order valence-corrected chi connectivity index (χ1v) is 11.1. The maximum Gasteiger partial charge on any atom is 0.248 e. The van der Waals surface area contributed by atoms with Crippen molar-refractivity contribution in [2.75, 3.05) is 5.32 Å². The number of carbonyl (C=O) groups is 1. The number of nitrogens with one attached hydrogen (secondary N) is 1. The quantitative estimate of drug-likeness (QED) is 0.431. The average molecular weight is 429 g/mol. The lowest BCUT2D eigenvalue weighted by Crippen LogP contribution is -2.12. The number of aryl methyl sites for hydroxylation is 2. The Morgan fingerprint density at radius 1 is 1.18 bits per heavy atom. The maximum atomic E-state index is 12.2. The minimum atomic E-state index is -0.0914. The molecule has 0 saturated heterocycles. The highest BCUT2D eigenvalue weighted by atomic mass is 32.2. The summed E-state index contributed by atoms with van der Waals surface area (Å²) in [7, 11) is 0. The molecule has 0 saturated carbocycles. The third kappa shape index (κ3) is 4.86. The molecule has 1 N–H and O–H groups in total. The molecular weight excluding hydrogens is 412 g/mol. The third-order valence-corrected chi connectivity index (χ3v) is 6.49. The minimum Gasteiger partial charge on any atom is -0.421 e. The number of nitrogens with zero attached hydrogens (tertiary/aromatic N) is 3. The van der Waals surface area contributed by atoms with E-state index in [1.165, 1.54) is 0 Å². The van der Waals surface area contributed by atoms with Crippen molar-refractivity contribution in [3.05, 3.63) is 58.1 Å². The van der Waals surface area contributed by atoms with Crippen LogP contribution in [0.25, 0.3) is 11.5 Å². The van der Waals surface area contributed by atoms with Crippen molar-refractivity contribution >= 4 is 46.0 Å². The zero-order valence-electron chi connectivity index (χ0n) is 14.9. The van der Waals surface area contributed by atoms with Gasteiger partial charge in [0, 0.05) is 45.4 Å². The van der Waals surface area contributed by atoms with Crippen molar-refractivity contribution < 1.29 is 9.21 Å². The molecule has 9 heteroatoms. The summed E-state index contributed by atoms with van der Waals surface area (Å²) in [5.74, 6) is 0.855. The second-order valence-electron chi connectivity index (χ2n) is 5.94. The van der Waals surface area contributed by atoms with E-state index in [-0.39, 0.29) is 12.3 Å². The average Bonchev–Trinajstić information content (AvgIpc) is 3.43. The van der Waals surface area contributed by atoms with Crippen LogP contribution in [0.15, 0.2) is 60.1 Å². The first kappa shape index (κ1) is 18.9. The maximum absolute atomic E-state index is 12.2. The Balaban J connectivity index is 1.28. The molecule has 0 fully saturated rings. The van der Waals surface area contributed by atoms with Crippen molar-refractivity contribution in [1.82, 2.24) is 15.2 Å². The topological polar surface area (TPSA) is 80.9 Å². The zero-order chi connectivity index (χ0) is 19.3. The van der Waals surface area contributed by atoms with E-state index >= 15 is 0 Å². The van der Waals surface area contributed by atoms with Gasteiger partial charge < -0.3 is 9.73 Å². The molecule has 0 atom stereocenters. The molecule has 0 spiro atoms. The van der Waals surface area contributed by atoms with Crippen LogP contribution in [0.5, 0.6) is 0 Å². The van der Waals surface area contributed by atoms with Crippen LogP contribution in [-0.2, 0) is 11.2 Å². The van der Waals surface area contributed by atoms with E-state index < -0.39 is 0 Å². The summed E-state index contributed by atoms with van der Waals surface area (Å²) in [5, 5.41) is 16.8. The molecule has 4 rings (SSSR count). The highest BCUT2D eigenvalue weighted by Crippen LogP contribution is 2.30. The molecule has 1 amide bonds. The number of thiazole rings is 1. The molecule has 1 aromatic carbocycles. The van der Waals surface area contributed by atoms with Gasteiger partial charge in [0.15, 0.2) is 4.34 Å². The number of anilines is 1. The van der Waals surface area contributed by atoms with E-state index in [2.05, 4.69) is 20.5 Å². The summed E-state index contributed by atoms with van der Waals surface area (Å²) in [6, 6.07) is 9.65. The second kappa shape index (κ2) is 8.68. The molecule has 3 heterocycles. The minimum absolute atomic E-state index is 0.0914. The van der Waals surface area contributed by atoms with Crippen LogP contribution < -0.4 is 5.32 Å². The normalized spacial score (nSPS) is 10.9. The summed E-state index contributed by atoms with van der Waals surface area (Å²) in [6.07, 6.45) is 0.681. The predicted molar refractivity (Wildman–Crippen MR) is 112 cm³/mol. The molecule has 0 bridgehead atoms. The highest BCUT2D eigenvalue weighted by Gasteiger charge is 2.11. The number of hydrogen-bond acceptors (Lipinski definition) is 8. The fraction of sp³-hybridized carbons (Fsp3) is 0.158. The Kier molecular flexibility index (Phi) is 5.84. The largest absolute Gasteiger partial charge is 0.421 e. The van der Waals surface area contributed by atoms with Gasteiger partial charge in [-0.3, -0.25) is 4.79 Å². The monoisotopic (exact) mass is 428 g/mol. The molecule has 4 aromatic rings. The van der Waals surface area contributed by atoms with Gasteiger partial charge in [-0.25, -0.2) is 4.98 Å². The summed E-state index contributed by atoms with van der Waals surface area (Å²) >= 11 is 4.81. The Bertz CT molecular complexity index is 1060. The van der Waals surface area contributed by atoms with Crippen molar-refractivity contribution in [3.8, 4) is 11.5 Å². The second-order valence-corrected chi connectivity index (χ2v) is 8.90. The van der Waals surface area contributed by atoms with Gasteiger partial charge in [-0.05, 0) is 42.6 Å². The van der Waals surface area contributed by atoms with Crippen LogP contribution in [0.3, 0.4) is 0 Å². The summed E-state index contributed by atoms with van der Waals surface area (Å²) in [5.41, 5.74) is 2.69. The van der Waals surface area contributed by atoms with Crippen molar-refractivity contribution in [2.24, 2.45) is 0 Å². The standard InChI is InChI=1S/C19H16N4O2S3/c1-12-10-27-19(20-12)28-15-4-2-14(3-5-15)21-16(24)6-7-17-22-23-18(25-17)13-8-9-26-11-13/h2-5,8-11H,6-7H2,1H3,(H,21,24). The number of amides is 1. The molecule has 0 aliphatic rings. The molecule has 0 aliphatic heterocycles. The summed E-state index contributed by atoms with van der Waals surface area (Å²) in [4.78, 5) is 17.7. The molecule has 0 aliphatic carbocycles. The number of rotatable bonds is 7. The Morgan fingerprint density at radius 3 is 2.75 bits per heavy atom. The zero-order valence-corrected chi connectivity index (χ0v) is 17.4. The van der Waals surface area contributed by atoms with E-state index in [0.29, 0.717) is 18.2 Å². The van der Waals surface area contributed by atoms with E-state index in [4.69, 9.17) is 4.42 Å². The fourth-order valence-corrected chi connectivity index (χ4v) is 4.83. The van der Waals surface area contributed by atoms with Crippen molar-refractivity contribution in [2.45, 2.75) is 29.0 Å². The van der Waals surface area contributed by atoms with E-state index in [1.54, 1.807) is 34.4 Å². The van der Waals surface area contributed by atoms with Gasteiger partial charge in [-0.1, -0.05) is 11.8 Å². The van der Waals surface area contributed by atoms with E-state index in [9.17, 15) is 4.79 Å². The van der Waals surface area contributed by atoms with Crippen LogP contribution >= 0.6 is 34.4 Å². The number of aromatic nitrogens is 3. The summed E-state index contributed by atoms with van der Waals surface area (Å²) in [6.45, 7) is 1.98. The molecule has 142 valence electrons. The molecule has 3 aromatic heterocycles. The van der Waals surface area contributed by atoms with Gasteiger partial charge in [-0.15, -0.1) is 21.5 Å². The number of benzene rings is 1. The lowest BCUT2D eigenvalue weighted by atomic mass is 10.2. The highest BCUT2D eigenvalue weighted by molar-refractivity contribution is 8.01.